The molecule has 5 nitrogen and oxygen atoms in total. The number of rotatable bonds is 7. The van der Waals surface area contributed by atoms with E-state index in [0.717, 1.165) is 11.1 Å². The largest absolute Gasteiger partial charge is 0.416 e. The van der Waals surface area contributed by atoms with Crippen molar-refractivity contribution in [2.24, 2.45) is 0 Å². The Morgan fingerprint density at radius 1 is 1.04 bits per heavy atom. The molecule has 1 heterocycles. The molecule has 1 atom stereocenters. The maximum Gasteiger partial charge on any atom is 0.277 e. The summed E-state index contributed by atoms with van der Waals surface area (Å²) in [5.41, 5.74) is 2.17. The summed E-state index contributed by atoms with van der Waals surface area (Å²) in [4.78, 5) is 12.2. The summed E-state index contributed by atoms with van der Waals surface area (Å²) in [5, 5.41) is 11.1. The third-order valence-electron chi connectivity index (χ3n) is 3.60. The highest BCUT2D eigenvalue weighted by molar-refractivity contribution is 8.00. The smallest absolute Gasteiger partial charge is 0.277 e. The third kappa shape index (κ3) is 5.19. The minimum atomic E-state index is -0.311. The molecule has 25 heavy (non-hydrogen) atoms. The van der Waals surface area contributed by atoms with Crippen molar-refractivity contribution in [3.05, 3.63) is 77.7 Å². The van der Waals surface area contributed by atoms with Gasteiger partial charge in [0.05, 0.1) is 11.7 Å². The average molecular weight is 353 g/mol. The number of carbonyl (C=O) groups excluding carboxylic acids is 1. The number of thioether (sulfide) groups is 1. The van der Waals surface area contributed by atoms with Crippen LogP contribution in [0.5, 0.6) is 0 Å². The second-order valence-corrected chi connectivity index (χ2v) is 6.88. The van der Waals surface area contributed by atoms with E-state index >= 15 is 0 Å². The molecule has 0 fully saturated rings. The predicted octanol–water partition coefficient (Wildman–Crippen LogP) is 3.46. The number of amides is 1. The molecular weight excluding hydrogens is 334 g/mol. The lowest BCUT2D eigenvalue weighted by atomic mass is 10.2. The van der Waals surface area contributed by atoms with E-state index in [-0.39, 0.29) is 11.2 Å². The van der Waals surface area contributed by atoms with Gasteiger partial charge in [0.1, 0.15) is 0 Å². The lowest BCUT2D eigenvalue weighted by molar-refractivity contribution is -0.120. The van der Waals surface area contributed by atoms with E-state index in [1.165, 1.54) is 11.8 Å². The van der Waals surface area contributed by atoms with Crippen LogP contribution in [0.4, 0.5) is 0 Å². The summed E-state index contributed by atoms with van der Waals surface area (Å²) in [6, 6.07) is 19.7. The van der Waals surface area contributed by atoms with Gasteiger partial charge in [-0.1, -0.05) is 72.4 Å². The monoisotopic (exact) mass is 353 g/mol. The van der Waals surface area contributed by atoms with Crippen molar-refractivity contribution in [3.63, 3.8) is 0 Å². The van der Waals surface area contributed by atoms with Crippen LogP contribution in [0.25, 0.3) is 0 Å². The Bertz CT molecular complexity index is 806. The van der Waals surface area contributed by atoms with Crippen molar-refractivity contribution in [1.82, 2.24) is 15.5 Å². The number of benzene rings is 2. The van der Waals surface area contributed by atoms with Crippen LogP contribution in [0.3, 0.4) is 0 Å². The second-order valence-electron chi connectivity index (χ2n) is 5.59. The first-order chi connectivity index (χ1) is 12.2. The number of hydrogen-bond donors (Lipinski definition) is 1. The number of nitrogens with one attached hydrogen (secondary N) is 1. The molecule has 1 amide bonds. The fraction of sp³-hybridized carbons (Fsp3) is 0.211. The molecule has 0 saturated carbocycles. The molecule has 0 aliphatic heterocycles. The standard InChI is InChI=1S/C19H19N3O2S/c1-14(18(23)20-13-16-10-6-3-7-11-16)25-19-22-21-17(24-19)12-15-8-4-2-5-9-15/h2-11,14H,12-13H2,1H3,(H,20,23)/t14-/m1/s1. The van der Waals surface area contributed by atoms with Crippen molar-refractivity contribution in [2.75, 3.05) is 0 Å². The highest BCUT2D eigenvalue weighted by Gasteiger charge is 2.18. The van der Waals surface area contributed by atoms with Crippen LogP contribution in [0.2, 0.25) is 0 Å². The van der Waals surface area contributed by atoms with Crippen LogP contribution in [0.1, 0.15) is 23.9 Å². The summed E-state index contributed by atoms with van der Waals surface area (Å²) < 4.78 is 5.63. The molecule has 128 valence electrons. The summed E-state index contributed by atoms with van der Waals surface area (Å²) >= 11 is 1.27. The zero-order valence-corrected chi connectivity index (χ0v) is 14.7. The van der Waals surface area contributed by atoms with Gasteiger partial charge in [-0.05, 0) is 18.1 Å². The average Bonchev–Trinajstić information content (AvgIpc) is 3.08. The quantitative estimate of drug-likeness (QED) is 0.659. The number of hydrogen-bond acceptors (Lipinski definition) is 5. The Morgan fingerprint density at radius 3 is 2.36 bits per heavy atom. The SMILES string of the molecule is C[C@@H](Sc1nnc(Cc2ccccc2)o1)C(=O)NCc1ccccc1. The molecule has 2 aromatic carbocycles. The van der Waals surface area contributed by atoms with Crippen LogP contribution >= 0.6 is 11.8 Å². The summed E-state index contributed by atoms with van der Waals surface area (Å²) in [6.07, 6.45) is 0.586. The molecule has 0 radical (unpaired) electrons. The molecule has 0 bridgehead atoms. The molecule has 3 rings (SSSR count). The van der Waals surface area contributed by atoms with Gasteiger partial charge in [-0.3, -0.25) is 4.79 Å². The topological polar surface area (TPSA) is 68.0 Å². The van der Waals surface area contributed by atoms with Crippen molar-refractivity contribution in [2.45, 2.75) is 30.4 Å². The first-order valence-electron chi connectivity index (χ1n) is 8.05. The highest BCUT2D eigenvalue weighted by Crippen LogP contribution is 2.22. The van der Waals surface area contributed by atoms with Gasteiger partial charge in [-0.2, -0.15) is 0 Å². The number of aromatic nitrogens is 2. The number of carbonyl (C=O) groups is 1. The van der Waals surface area contributed by atoms with E-state index in [4.69, 9.17) is 4.42 Å². The summed E-state index contributed by atoms with van der Waals surface area (Å²) in [7, 11) is 0. The van der Waals surface area contributed by atoms with Gasteiger partial charge in [0.2, 0.25) is 11.8 Å². The van der Waals surface area contributed by atoms with E-state index in [9.17, 15) is 4.79 Å². The van der Waals surface area contributed by atoms with Crippen molar-refractivity contribution in [1.29, 1.82) is 0 Å². The van der Waals surface area contributed by atoms with Crippen molar-refractivity contribution >= 4 is 17.7 Å². The zero-order valence-electron chi connectivity index (χ0n) is 13.9. The Labute approximate surface area is 150 Å². The van der Waals surface area contributed by atoms with E-state index in [0.29, 0.717) is 24.1 Å². The van der Waals surface area contributed by atoms with E-state index in [1.807, 2.05) is 67.6 Å². The first kappa shape index (κ1) is 17.2. The van der Waals surface area contributed by atoms with Gasteiger partial charge >= 0.3 is 0 Å². The molecule has 0 aliphatic rings. The molecule has 6 heteroatoms. The van der Waals surface area contributed by atoms with Crippen LogP contribution in [0, 0.1) is 0 Å². The maximum atomic E-state index is 12.2. The Morgan fingerprint density at radius 2 is 1.68 bits per heavy atom. The minimum Gasteiger partial charge on any atom is -0.416 e. The molecule has 1 aromatic heterocycles. The van der Waals surface area contributed by atoms with Gasteiger partial charge in [0.25, 0.3) is 5.22 Å². The molecule has 0 spiro atoms. The van der Waals surface area contributed by atoms with Crippen LogP contribution in [-0.4, -0.2) is 21.4 Å². The molecule has 3 aromatic rings. The lowest BCUT2D eigenvalue weighted by Gasteiger charge is -2.09. The fourth-order valence-corrected chi connectivity index (χ4v) is 2.99. The minimum absolute atomic E-state index is 0.0586. The normalized spacial score (nSPS) is 11.9. The highest BCUT2D eigenvalue weighted by atomic mass is 32.2. The number of nitrogens with zero attached hydrogens (tertiary/aromatic N) is 2. The molecule has 1 N–H and O–H groups in total. The Balaban J connectivity index is 1.50. The van der Waals surface area contributed by atoms with Crippen LogP contribution in [-0.2, 0) is 17.8 Å². The van der Waals surface area contributed by atoms with Gasteiger partial charge in [-0.25, -0.2) is 0 Å². The second kappa shape index (κ2) is 8.48. The van der Waals surface area contributed by atoms with Gasteiger partial charge in [0.15, 0.2) is 0 Å². The Hall–Kier alpha value is -2.60. The summed E-state index contributed by atoms with van der Waals surface area (Å²) in [6.45, 7) is 2.33. The predicted molar refractivity (Wildman–Crippen MR) is 97.2 cm³/mol. The molecule has 0 saturated heterocycles. The first-order valence-corrected chi connectivity index (χ1v) is 8.93. The zero-order chi connectivity index (χ0) is 17.5. The van der Waals surface area contributed by atoms with Crippen molar-refractivity contribution in [3.8, 4) is 0 Å². The maximum absolute atomic E-state index is 12.2. The molecular formula is C19H19N3O2S. The fourth-order valence-electron chi connectivity index (χ4n) is 2.26. The van der Waals surface area contributed by atoms with Crippen molar-refractivity contribution < 1.29 is 9.21 Å². The van der Waals surface area contributed by atoms with Crippen LogP contribution in [0.15, 0.2) is 70.3 Å². The van der Waals surface area contributed by atoms with E-state index in [2.05, 4.69) is 15.5 Å². The lowest BCUT2D eigenvalue weighted by Crippen LogP contribution is -2.30. The van der Waals surface area contributed by atoms with Gasteiger partial charge < -0.3 is 9.73 Å². The van der Waals surface area contributed by atoms with E-state index in [1.54, 1.807) is 0 Å². The van der Waals surface area contributed by atoms with Crippen LogP contribution < -0.4 is 5.32 Å². The third-order valence-corrected chi connectivity index (χ3v) is 4.54. The van der Waals surface area contributed by atoms with Gasteiger partial charge in [-0.15, -0.1) is 10.2 Å². The van der Waals surface area contributed by atoms with Gasteiger partial charge in [0, 0.05) is 6.54 Å². The van der Waals surface area contributed by atoms with E-state index < -0.39 is 0 Å². The Kier molecular flexibility index (Phi) is 5.85. The molecule has 0 aliphatic carbocycles. The summed E-state index contributed by atoms with van der Waals surface area (Å²) in [5.74, 6) is 0.488. The molecule has 0 unspecified atom stereocenters.